The molecule has 0 bridgehead atoms. The van der Waals surface area contributed by atoms with E-state index in [9.17, 15) is 4.79 Å². The zero-order chi connectivity index (χ0) is 15.9. The van der Waals surface area contributed by atoms with E-state index in [1.165, 1.54) is 0 Å². The lowest BCUT2D eigenvalue weighted by Gasteiger charge is -2.26. The largest absolute Gasteiger partial charge is 0.393 e. The molecule has 1 aromatic rings. The van der Waals surface area contributed by atoms with Crippen molar-refractivity contribution in [3.8, 4) is 0 Å². The lowest BCUT2D eigenvalue weighted by atomic mass is 9.98. The van der Waals surface area contributed by atoms with Gasteiger partial charge in [0.05, 0.1) is 16.5 Å². The van der Waals surface area contributed by atoms with Crippen LogP contribution in [0.2, 0.25) is 0 Å². The first-order valence-corrected chi connectivity index (χ1v) is 7.51. The van der Waals surface area contributed by atoms with E-state index in [4.69, 9.17) is 22.7 Å². The summed E-state index contributed by atoms with van der Waals surface area (Å²) in [7, 11) is 0. The summed E-state index contributed by atoms with van der Waals surface area (Å²) in [5.74, 6) is -0.654. The van der Waals surface area contributed by atoms with Gasteiger partial charge in [-0.3, -0.25) is 4.79 Å². The molecule has 1 rings (SSSR count). The molecule has 0 aliphatic heterocycles. The highest BCUT2D eigenvalue weighted by Crippen LogP contribution is 2.11. The normalized spacial score (nSPS) is 12.7. The average molecular weight is 308 g/mol. The maximum Gasteiger partial charge on any atom is 0.230 e. The molecular weight excluding hydrogens is 284 g/mol. The van der Waals surface area contributed by atoms with Crippen LogP contribution in [0.4, 0.5) is 0 Å². The van der Waals surface area contributed by atoms with Gasteiger partial charge in [0.2, 0.25) is 5.91 Å². The summed E-state index contributed by atoms with van der Waals surface area (Å²) in [6.07, 6.45) is 0.511. The molecular formula is C16H24N2O2S. The van der Waals surface area contributed by atoms with Gasteiger partial charge in [-0.2, -0.15) is 0 Å². The van der Waals surface area contributed by atoms with Crippen LogP contribution in [-0.4, -0.2) is 29.6 Å². The first-order chi connectivity index (χ1) is 9.85. The smallest absolute Gasteiger partial charge is 0.230 e. The summed E-state index contributed by atoms with van der Waals surface area (Å²) < 4.78 is 5.56. The fourth-order valence-corrected chi connectivity index (χ4v) is 2.23. The molecule has 0 aliphatic carbocycles. The van der Waals surface area contributed by atoms with Gasteiger partial charge in [-0.15, -0.1) is 0 Å². The summed E-state index contributed by atoms with van der Waals surface area (Å²) in [5.41, 5.74) is 6.35. The fraction of sp³-hybridized carbons (Fsp3) is 0.500. The monoisotopic (exact) mass is 308 g/mol. The summed E-state index contributed by atoms with van der Waals surface area (Å²) in [4.78, 5) is 12.5. The van der Waals surface area contributed by atoms with E-state index in [-0.39, 0.29) is 10.9 Å². The number of nitrogens with two attached hydrogens (primary N) is 1. The lowest BCUT2D eigenvalue weighted by molar-refractivity contribution is -0.124. The van der Waals surface area contributed by atoms with Crippen molar-refractivity contribution in [3.05, 3.63) is 35.9 Å². The molecule has 3 N–H and O–H groups in total. The van der Waals surface area contributed by atoms with E-state index in [0.29, 0.717) is 19.6 Å². The van der Waals surface area contributed by atoms with Crippen LogP contribution in [0.1, 0.15) is 26.3 Å². The Morgan fingerprint density at radius 3 is 2.52 bits per heavy atom. The molecule has 1 unspecified atom stereocenters. The molecule has 1 aromatic carbocycles. The molecule has 4 nitrogen and oxygen atoms in total. The minimum Gasteiger partial charge on any atom is -0.393 e. The Balaban J connectivity index is 2.64. The second kappa shape index (κ2) is 8.10. The van der Waals surface area contributed by atoms with Crippen LogP contribution < -0.4 is 11.1 Å². The maximum atomic E-state index is 12.3. The third-order valence-corrected chi connectivity index (χ3v) is 3.45. The van der Waals surface area contributed by atoms with Crippen molar-refractivity contribution >= 4 is 23.1 Å². The molecule has 116 valence electrons. The van der Waals surface area contributed by atoms with Crippen molar-refractivity contribution in [2.24, 2.45) is 11.7 Å². The number of carbonyl (C=O) groups excluding carboxylic acids is 1. The molecule has 5 heteroatoms. The van der Waals surface area contributed by atoms with Crippen molar-refractivity contribution in [2.75, 3.05) is 13.2 Å². The zero-order valence-electron chi connectivity index (χ0n) is 12.9. The van der Waals surface area contributed by atoms with E-state index in [1.807, 2.05) is 51.1 Å². The summed E-state index contributed by atoms with van der Waals surface area (Å²) >= 11 is 5.04. The van der Waals surface area contributed by atoms with Crippen LogP contribution in [0.3, 0.4) is 0 Å². The molecule has 0 fully saturated rings. The van der Waals surface area contributed by atoms with E-state index in [0.717, 1.165) is 5.56 Å². The van der Waals surface area contributed by atoms with Gasteiger partial charge in [0.15, 0.2) is 0 Å². The Hall–Kier alpha value is -1.46. The first-order valence-electron chi connectivity index (χ1n) is 7.10. The van der Waals surface area contributed by atoms with Crippen molar-refractivity contribution in [1.82, 2.24) is 5.32 Å². The Morgan fingerprint density at radius 1 is 1.38 bits per heavy atom. The predicted octanol–water partition coefficient (Wildman–Crippen LogP) is 2.06. The van der Waals surface area contributed by atoms with Gasteiger partial charge < -0.3 is 15.8 Å². The minimum atomic E-state index is -0.500. The Bertz CT molecular complexity index is 474. The highest BCUT2D eigenvalue weighted by molar-refractivity contribution is 7.80. The van der Waals surface area contributed by atoms with Crippen molar-refractivity contribution in [2.45, 2.75) is 32.8 Å². The van der Waals surface area contributed by atoms with Gasteiger partial charge in [-0.05, 0) is 32.8 Å². The van der Waals surface area contributed by atoms with Crippen molar-refractivity contribution < 1.29 is 9.53 Å². The van der Waals surface area contributed by atoms with Crippen molar-refractivity contribution in [1.29, 1.82) is 0 Å². The predicted molar refractivity (Wildman–Crippen MR) is 89.1 cm³/mol. The van der Waals surface area contributed by atoms with E-state index >= 15 is 0 Å². The number of nitrogens with one attached hydrogen (secondary N) is 1. The molecule has 0 aliphatic rings. The summed E-state index contributed by atoms with van der Waals surface area (Å²) in [6, 6.07) is 9.72. The molecule has 0 spiro atoms. The second-order valence-corrected chi connectivity index (χ2v) is 6.03. The topological polar surface area (TPSA) is 64.3 Å². The second-order valence-electron chi connectivity index (χ2n) is 5.56. The SMILES string of the molecule is CCOC(C)(C)CNC(=O)C(Cc1ccccc1)C(N)=S. The Kier molecular flexibility index (Phi) is 6.78. The fourth-order valence-electron chi connectivity index (χ4n) is 2.04. The molecule has 0 radical (unpaired) electrons. The molecule has 21 heavy (non-hydrogen) atoms. The van der Waals surface area contributed by atoms with Gasteiger partial charge >= 0.3 is 0 Å². The molecule has 1 amide bonds. The van der Waals surface area contributed by atoms with E-state index in [2.05, 4.69) is 5.32 Å². The number of amides is 1. The lowest BCUT2D eigenvalue weighted by Crippen LogP contribution is -2.45. The number of rotatable bonds is 8. The van der Waals surface area contributed by atoms with Gasteiger partial charge in [-0.25, -0.2) is 0 Å². The van der Waals surface area contributed by atoms with Crippen LogP contribution in [0.5, 0.6) is 0 Å². The maximum absolute atomic E-state index is 12.3. The summed E-state index contributed by atoms with van der Waals surface area (Å²) in [6.45, 7) is 6.82. The van der Waals surface area contributed by atoms with Gasteiger partial charge in [0.1, 0.15) is 0 Å². The quantitative estimate of drug-likeness (QED) is 0.722. The highest BCUT2D eigenvalue weighted by atomic mass is 32.1. The van der Waals surface area contributed by atoms with Crippen LogP contribution in [0.25, 0.3) is 0 Å². The first kappa shape index (κ1) is 17.6. The number of hydrogen-bond donors (Lipinski definition) is 2. The van der Waals surface area contributed by atoms with Crippen LogP contribution in [0, 0.1) is 5.92 Å². The molecule has 0 saturated heterocycles. The number of ether oxygens (including phenoxy) is 1. The van der Waals surface area contributed by atoms with E-state index < -0.39 is 11.5 Å². The minimum absolute atomic E-state index is 0.154. The molecule has 0 heterocycles. The standard InChI is InChI=1S/C16H24N2O2S/c1-4-20-16(2,3)11-18-15(19)13(14(17)21)10-12-8-6-5-7-9-12/h5-9,13H,4,10-11H2,1-3H3,(H2,17,21)(H,18,19). The number of carbonyl (C=O) groups is 1. The number of benzene rings is 1. The van der Waals surface area contributed by atoms with Crippen LogP contribution in [0.15, 0.2) is 30.3 Å². The van der Waals surface area contributed by atoms with Crippen LogP contribution >= 0.6 is 12.2 Å². The van der Waals surface area contributed by atoms with Gasteiger partial charge in [0.25, 0.3) is 0 Å². The third kappa shape index (κ3) is 6.23. The van der Waals surface area contributed by atoms with Crippen LogP contribution in [-0.2, 0) is 16.0 Å². The Labute approximate surface area is 132 Å². The summed E-state index contributed by atoms with van der Waals surface area (Å²) in [5, 5.41) is 2.88. The highest BCUT2D eigenvalue weighted by Gasteiger charge is 2.25. The van der Waals surface area contributed by atoms with E-state index in [1.54, 1.807) is 0 Å². The number of thiocarbonyl (C=S) groups is 1. The zero-order valence-corrected chi connectivity index (χ0v) is 13.7. The molecule has 1 atom stereocenters. The van der Waals surface area contributed by atoms with Gasteiger partial charge in [-0.1, -0.05) is 42.5 Å². The molecule has 0 saturated carbocycles. The van der Waals surface area contributed by atoms with Crippen molar-refractivity contribution in [3.63, 3.8) is 0 Å². The average Bonchev–Trinajstić information content (AvgIpc) is 2.43. The van der Waals surface area contributed by atoms with Gasteiger partial charge in [0, 0.05) is 13.2 Å². The Morgan fingerprint density at radius 2 is 2.00 bits per heavy atom. The molecule has 0 aromatic heterocycles. The number of hydrogen-bond acceptors (Lipinski definition) is 3. The third-order valence-electron chi connectivity index (χ3n) is 3.17.